The molecule has 1 fully saturated rings. The van der Waals surface area contributed by atoms with Gasteiger partial charge in [0.2, 0.25) is 0 Å². The zero-order valence-electron chi connectivity index (χ0n) is 14.9. The molecule has 0 spiro atoms. The molecule has 4 rings (SSSR count). The van der Waals surface area contributed by atoms with Crippen LogP contribution in [0.2, 0.25) is 0 Å². The number of anilines is 1. The van der Waals surface area contributed by atoms with Crippen LogP contribution in [0.1, 0.15) is 15.2 Å². The zero-order valence-corrected chi connectivity index (χ0v) is 15.7. The van der Waals surface area contributed by atoms with Crippen LogP contribution in [0, 0.1) is 12.7 Å². The second-order valence-corrected chi connectivity index (χ2v) is 7.52. The number of halogens is 1. The lowest BCUT2D eigenvalue weighted by molar-refractivity contribution is 0.0751. The fraction of sp³-hybridized carbons (Fsp3) is 0.250. The van der Waals surface area contributed by atoms with Gasteiger partial charge in [0.25, 0.3) is 5.91 Å². The molecule has 0 N–H and O–H groups in total. The fourth-order valence-corrected chi connectivity index (χ4v) is 4.37. The van der Waals surface area contributed by atoms with Crippen molar-refractivity contribution in [3.8, 4) is 10.4 Å². The minimum atomic E-state index is -0.259. The standard InChI is InChI=1S/C20H19FN4OS/c1-14-12-17(27-19(14)15-2-4-16(21)5-3-15)20(26)25-10-8-24(9-11-25)18-13-22-6-7-23-18/h2-7,12-13H,8-11H2,1H3. The number of carbonyl (C=O) groups is 1. The number of hydrogen-bond acceptors (Lipinski definition) is 5. The maximum atomic E-state index is 13.2. The van der Waals surface area contributed by atoms with E-state index in [1.54, 1.807) is 30.7 Å². The molecule has 0 radical (unpaired) electrons. The largest absolute Gasteiger partial charge is 0.352 e. The first-order valence-electron chi connectivity index (χ1n) is 8.78. The summed E-state index contributed by atoms with van der Waals surface area (Å²) in [5, 5.41) is 0. The highest BCUT2D eigenvalue weighted by Crippen LogP contribution is 2.33. The maximum Gasteiger partial charge on any atom is 0.264 e. The number of thiophene rings is 1. The van der Waals surface area contributed by atoms with Crippen LogP contribution in [0.15, 0.2) is 48.9 Å². The number of benzene rings is 1. The molecule has 1 amide bonds. The summed E-state index contributed by atoms with van der Waals surface area (Å²) >= 11 is 1.47. The van der Waals surface area contributed by atoms with Gasteiger partial charge in [-0.15, -0.1) is 11.3 Å². The van der Waals surface area contributed by atoms with Crippen LogP contribution in [-0.4, -0.2) is 47.0 Å². The fourth-order valence-electron chi connectivity index (χ4n) is 3.22. The van der Waals surface area contributed by atoms with Gasteiger partial charge in [-0.25, -0.2) is 9.37 Å². The third kappa shape index (κ3) is 3.68. The van der Waals surface area contributed by atoms with Crippen molar-refractivity contribution in [3.63, 3.8) is 0 Å². The number of nitrogens with zero attached hydrogens (tertiary/aromatic N) is 4. The molecule has 3 heterocycles. The summed E-state index contributed by atoms with van der Waals surface area (Å²) in [6, 6.07) is 8.33. The summed E-state index contributed by atoms with van der Waals surface area (Å²) in [7, 11) is 0. The van der Waals surface area contributed by atoms with E-state index in [-0.39, 0.29) is 11.7 Å². The van der Waals surface area contributed by atoms with Crippen molar-refractivity contribution < 1.29 is 9.18 Å². The van der Waals surface area contributed by atoms with Crippen LogP contribution < -0.4 is 4.90 Å². The Balaban J connectivity index is 1.46. The SMILES string of the molecule is Cc1cc(C(=O)N2CCN(c3cnccn3)CC2)sc1-c1ccc(F)cc1. The van der Waals surface area contributed by atoms with Crippen molar-refractivity contribution in [3.05, 3.63) is 65.2 Å². The third-order valence-electron chi connectivity index (χ3n) is 4.68. The van der Waals surface area contributed by atoms with Gasteiger partial charge in [-0.05, 0) is 36.2 Å². The van der Waals surface area contributed by atoms with Crippen molar-refractivity contribution in [2.45, 2.75) is 6.92 Å². The normalized spacial score (nSPS) is 14.4. The van der Waals surface area contributed by atoms with Crippen LogP contribution in [0.4, 0.5) is 10.2 Å². The van der Waals surface area contributed by atoms with E-state index in [9.17, 15) is 9.18 Å². The Kier molecular flexibility index (Phi) is 4.85. The second kappa shape index (κ2) is 7.44. The van der Waals surface area contributed by atoms with E-state index in [4.69, 9.17) is 0 Å². The van der Waals surface area contributed by atoms with Crippen LogP contribution in [0.5, 0.6) is 0 Å². The Morgan fingerprint density at radius 2 is 1.85 bits per heavy atom. The summed E-state index contributed by atoms with van der Waals surface area (Å²) in [6.07, 6.45) is 5.08. The Bertz CT molecular complexity index is 934. The molecule has 1 aliphatic rings. The number of aryl methyl sites for hydroxylation is 1. The lowest BCUT2D eigenvalue weighted by Gasteiger charge is -2.35. The summed E-state index contributed by atoms with van der Waals surface area (Å²) in [4.78, 5) is 27.1. The summed E-state index contributed by atoms with van der Waals surface area (Å²) in [5.41, 5.74) is 1.97. The average molecular weight is 382 g/mol. The zero-order chi connectivity index (χ0) is 18.8. The minimum Gasteiger partial charge on any atom is -0.352 e. The number of piperazine rings is 1. The van der Waals surface area contributed by atoms with Crippen LogP contribution in [0.3, 0.4) is 0 Å². The molecule has 2 aromatic heterocycles. The molecule has 0 aliphatic carbocycles. The number of amides is 1. The molecule has 3 aromatic rings. The van der Waals surface area contributed by atoms with E-state index in [0.29, 0.717) is 13.1 Å². The molecule has 7 heteroatoms. The van der Waals surface area contributed by atoms with Gasteiger partial charge in [-0.1, -0.05) is 12.1 Å². The first-order chi connectivity index (χ1) is 13.1. The minimum absolute atomic E-state index is 0.0512. The van der Waals surface area contributed by atoms with Crippen molar-refractivity contribution in [2.24, 2.45) is 0 Å². The predicted molar refractivity (Wildman–Crippen MR) is 105 cm³/mol. The van der Waals surface area contributed by atoms with E-state index in [1.807, 2.05) is 17.9 Å². The molecule has 5 nitrogen and oxygen atoms in total. The smallest absolute Gasteiger partial charge is 0.264 e. The van der Waals surface area contributed by atoms with E-state index in [0.717, 1.165) is 39.8 Å². The summed E-state index contributed by atoms with van der Waals surface area (Å²) in [6.45, 7) is 4.76. The Labute approximate surface area is 161 Å². The van der Waals surface area contributed by atoms with Gasteiger partial charge in [-0.3, -0.25) is 9.78 Å². The first-order valence-corrected chi connectivity index (χ1v) is 9.60. The summed E-state index contributed by atoms with van der Waals surface area (Å²) in [5.74, 6) is 0.635. The number of aromatic nitrogens is 2. The van der Waals surface area contributed by atoms with E-state index < -0.39 is 0 Å². The van der Waals surface area contributed by atoms with Gasteiger partial charge >= 0.3 is 0 Å². The van der Waals surface area contributed by atoms with Crippen molar-refractivity contribution in [2.75, 3.05) is 31.1 Å². The number of hydrogen-bond donors (Lipinski definition) is 0. The van der Waals surface area contributed by atoms with Gasteiger partial charge in [0.05, 0.1) is 11.1 Å². The molecule has 0 atom stereocenters. The highest BCUT2D eigenvalue weighted by molar-refractivity contribution is 7.17. The number of carbonyl (C=O) groups excluding carboxylic acids is 1. The van der Waals surface area contributed by atoms with Crippen LogP contribution >= 0.6 is 11.3 Å². The van der Waals surface area contributed by atoms with Gasteiger partial charge < -0.3 is 9.80 Å². The second-order valence-electron chi connectivity index (χ2n) is 6.47. The van der Waals surface area contributed by atoms with Gasteiger partial charge in [-0.2, -0.15) is 0 Å². The topological polar surface area (TPSA) is 49.3 Å². The predicted octanol–water partition coefficient (Wildman–Crippen LogP) is 3.62. The van der Waals surface area contributed by atoms with E-state index in [1.165, 1.54) is 23.5 Å². The quantitative estimate of drug-likeness (QED) is 0.694. The Morgan fingerprint density at radius 1 is 1.11 bits per heavy atom. The van der Waals surface area contributed by atoms with E-state index in [2.05, 4.69) is 14.9 Å². The molecular formula is C20H19FN4OS. The average Bonchev–Trinajstić information content (AvgIpc) is 3.10. The van der Waals surface area contributed by atoms with Crippen molar-refractivity contribution in [1.82, 2.24) is 14.9 Å². The Morgan fingerprint density at radius 3 is 2.52 bits per heavy atom. The van der Waals surface area contributed by atoms with Crippen LogP contribution in [0.25, 0.3) is 10.4 Å². The maximum absolute atomic E-state index is 13.2. The number of rotatable bonds is 3. The molecule has 0 saturated carbocycles. The third-order valence-corrected chi connectivity index (χ3v) is 5.95. The lowest BCUT2D eigenvalue weighted by atomic mass is 10.1. The molecule has 1 aliphatic heterocycles. The first kappa shape index (κ1) is 17.6. The molecule has 0 unspecified atom stereocenters. The molecule has 27 heavy (non-hydrogen) atoms. The molecule has 138 valence electrons. The molecular weight excluding hydrogens is 363 g/mol. The van der Waals surface area contributed by atoms with Gasteiger partial charge in [0.1, 0.15) is 11.6 Å². The van der Waals surface area contributed by atoms with Gasteiger partial charge in [0, 0.05) is 43.4 Å². The van der Waals surface area contributed by atoms with Gasteiger partial charge in [0.15, 0.2) is 0 Å². The molecule has 1 saturated heterocycles. The Hall–Kier alpha value is -2.80. The molecule has 1 aromatic carbocycles. The lowest BCUT2D eigenvalue weighted by Crippen LogP contribution is -2.48. The van der Waals surface area contributed by atoms with Crippen LogP contribution in [-0.2, 0) is 0 Å². The summed E-state index contributed by atoms with van der Waals surface area (Å²) < 4.78 is 13.2. The highest BCUT2D eigenvalue weighted by atomic mass is 32.1. The highest BCUT2D eigenvalue weighted by Gasteiger charge is 2.24. The van der Waals surface area contributed by atoms with Crippen molar-refractivity contribution >= 4 is 23.1 Å². The van der Waals surface area contributed by atoms with E-state index >= 15 is 0 Å². The molecule has 0 bridgehead atoms. The van der Waals surface area contributed by atoms with Crippen molar-refractivity contribution in [1.29, 1.82) is 0 Å². The monoisotopic (exact) mass is 382 g/mol.